The van der Waals surface area contributed by atoms with Crippen LogP contribution in [0.25, 0.3) is 21.9 Å². The van der Waals surface area contributed by atoms with Gasteiger partial charge < -0.3 is 15.4 Å². The van der Waals surface area contributed by atoms with E-state index in [0.717, 1.165) is 40.4 Å². The van der Waals surface area contributed by atoms with Crippen molar-refractivity contribution in [3.63, 3.8) is 0 Å². The highest BCUT2D eigenvalue weighted by atomic mass is 16.5. The van der Waals surface area contributed by atoms with Crippen molar-refractivity contribution >= 4 is 35.6 Å². The maximum atomic E-state index is 10.4. The summed E-state index contributed by atoms with van der Waals surface area (Å²) in [6.07, 6.45) is 2.26. The first-order chi connectivity index (χ1) is 12.2. The molecule has 6 nitrogen and oxygen atoms in total. The molecule has 1 aliphatic carbocycles. The van der Waals surface area contributed by atoms with Crippen molar-refractivity contribution in [1.29, 1.82) is 0 Å². The van der Waals surface area contributed by atoms with E-state index in [2.05, 4.69) is 20.9 Å². The molecule has 25 heavy (non-hydrogen) atoms. The zero-order valence-corrected chi connectivity index (χ0v) is 13.4. The Balaban J connectivity index is 1.81. The first-order valence-corrected chi connectivity index (χ1v) is 8.10. The van der Waals surface area contributed by atoms with E-state index in [0.29, 0.717) is 17.2 Å². The van der Waals surface area contributed by atoms with Crippen LogP contribution in [0.4, 0.5) is 5.82 Å². The predicted octanol–water partition coefficient (Wildman–Crippen LogP) is 1.62. The molecule has 0 unspecified atom stereocenters. The SMILES string of the molecule is Nc1nnc(C2CC2)c2cc(-c3cccc(B(O)OC=O)c3)ccc12. The molecule has 0 radical (unpaired) electrons. The Morgan fingerprint density at radius 3 is 2.68 bits per heavy atom. The van der Waals surface area contributed by atoms with Crippen molar-refractivity contribution in [2.75, 3.05) is 5.73 Å². The van der Waals surface area contributed by atoms with Crippen LogP contribution in [0, 0.1) is 0 Å². The Morgan fingerprint density at radius 2 is 1.92 bits per heavy atom. The zero-order valence-electron chi connectivity index (χ0n) is 13.4. The largest absolute Gasteiger partial charge is 0.561 e. The lowest BCUT2D eigenvalue weighted by Crippen LogP contribution is -2.33. The molecule has 124 valence electrons. The molecule has 0 amide bonds. The van der Waals surface area contributed by atoms with Gasteiger partial charge in [-0.1, -0.05) is 30.3 Å². The number of nitrogens with zero attached hydrogens (tertiary/aromatic N) is 2. The van der Waals surface area contributed by atoms with Gasteiger partial charge in [0.2, 0.25) is 0 Å². The number of rotatable bonds is 5. The molecule has 2 aromatic carbocycles. The molecule has 1 heterocycles. The van der Waals surface area contributed by atoms with Crippen molar-refractivity contribution in [2.24, 2.45) is 0 Å². The Hall–Kier alpha value is -2.93. The first kappa shape index (κ1) is 15.6. The van der Waals surface area contributed by atoms with E-state index in [4.69, 9.17) is 5.73 Å². The second-order valence-corrected chi connectivity index (χ2v) is 6.22. The third-order valence-electron chi connectivity index (χ3n) is 4.49. The van der Waals surface area contributed by atoms with E-state index < -0.39 is 7.12 Å². The highest BCUT2D eigenvalue weighted by Crippen LogP contribution is 2.42. The minimum absolute atomic E-state index is 0.233. The third kappa shape index (κ3) is 2.94. The molecule has 7 heteroatoms. The fourth-order valence-corrected chi connectivity index (χ4v) is 3.04. The Bertz CT molecular complexity index is 959. The van der Waals surface area contributed by atoms with Gasteiger partial charge in [-0.05, 0) is 41.6 Å². The molecular weight excluding hydrogens is 317 g/mol. The van der Waals surface area contributed by atoms with Crippen LogP contribution in [0.5, 0.6) is 0 Å². The topological polar surface area (TPSA) is 98.3 Å². The number of carbonyl (C=O) groups is 1. The number of carbonyl (C=O) groups excluding carboxylic acids is 1. The van der Waals surface area contributed by atoms with Crippen molar-refractivity contribution in [1.82, 2.24) is 10.2 Å². The van der Waals surface area contributed by atoms with Gasteiger partial charge in [-0.2, -0.15) is 5.10 Å². The number of hydrogen-bond donors (Lipinski definition) is 2. The second kappa shape index (κ2) is 6.18. The number of nitrogens with two attached hydrogens (primary N) is 1. The van der Waals surface area contributed by atoms with Crippen LogP contribution in [-0.2, 0) is 9.45 Å². The van der Waals surface area contributed by atoms with Crippen LogP contribution in [0.1, 0.15) is 24.5 Å². The lowest BCUT2D eigenvalue weighted by molar-refractivity contribution is -0.121. The Kier molecular flexibility index (Phi) is 3.85. The highest BCUT2D eigenvalue weighted by molar-refractivity contribution is 6.61. The number of fused-ring (bicyclic) bond motifs is 1. The fraction of sp³-hybridized carbons (Fsp3) is 0.167. The van der Waals surface area contributed by atoms with Gasteiger partial charge >= 0.3 is 7.12 Å². The fourth-order valence-electron chi connectivity index (χ4n) is 3.04. The average molecular weight is 333 g/mol. The molecular formula is C18H16BN3O3. The predicted molar refractivity (Wildman–Crippen MR) is 96.1 cm³/mol. The Labute approximate surface area is 144 Å². The number of benzene rings is 2. The van der Waals surface area contributed by atoms with Crippen molar-refractivity contribution in [2.45, 2.75) is 18.8 Å². The lowest BCUT2D eigenvalue weighted by atomic mass is 9.78. The molecule has 0 atom stereocenters. The number of nitrogen functional groups attached to an aromatic ring is 1. The maximum absolute atomic E-state index is 10.4. The lowest BCUT2D eigenvalue weighted by Gasteiger charge is -2.10. The number of aromatic nitrogens is 2. The van der Waals surface area contributed by atoms with Gasteiger partial charge in [0, 0.05) is 16.7 Å². The van der Waals surface area contributed by atoms with Gasteiger partial charge in [0.1, 0.15) is 0 Å². The summed E-state index contributed by atoms with van der Waals surface area (Å²) >= 11 is 0. The number of anilines is 1. The summed E-state index contributed by atoms with van der Waals surface area (Å²) in [7, 11) is -1.28. The molecule has 1 saturated carbocycles. The quantitative estimate of drug-likeness (QED) is 0.544. The molecule has 3 N–H and O–H groups in total. The van der Waals surface area contributed by atoms with Gasteiger partial charge in [-0.15, -0.1) is 5.10 Å². The molecule has 0 spiro atoms. The van der Waals surface area contributed by atoms with E-state index in [-0.39, 0.29) is 6.47 Å². The van der Waals surface area contributed by atoms with Gasteiger partial charge in [-0.3, -0.25) is 4.79 Å². The summed E-state index contributed by atoms with van der Waals surface area (Å²) in [4.78, 5) is 10.4. The van der Waals surface area contributed by atoms with Gasteiger partial charge in [0.15, 0.2) is 5.82 Å². The van der Waals surface area contributed by atoms with E-state index >= 15 is 0 Å². The monoisotopic (exact) mass is 333 g/mol. The normalized spacial score (nSPS) is 13.6. The van der Waals surface area contributed by atoms with Crippen LogP contribution in [0.3, 0.4) is 0 Å². The summed E-state index contributed by atoms with van der Waals surface area (Å²) < 4.78 is 4.60. The van der Waals surface area contributed by atoms with Crippen LogP contribution in [-0.4, -0.2) is 28.8 Å². The highest BCUT2D eigenvalue weighted by Gasteiger charge is 2.28. The number of hydrogen-bond acceptors (Lipinski definition) is 6. The first-order valence-electron chi connectivity index (χ1n) is 8.10. The minimum atomic E-state index is -1.28. The van der Waals surface area contributed by atoms with Crippen molar-refractivity contribution < 1.29 is 14.5 Å². The molecule has 0 saturated heterocycles. The van der Waals surface area contributed by atoms with Crippen LogP contribution in [0.15, 0.2) is 42.5 Å². The Morgan fingerprint density at radius 1 is 1.12 bits per heavy atom. The summed E-state index contributed by atoms with van der Waals surface area (Å²) in [6, 6.07) is 13.2. The zero-order chi connectivity index (χ0) is 17.4. The second-order valence-electron chi connectivity index (χ2n) is 6.22. The van der Waals surface area contributed by atoms with E-state index in [1.807, 2.05) is 24.3 Å². The minimum Gasteiger partial charge on any atom is -0.508 e. The molecule has 1 aromatic heterocycles. The third-order valence-corrected chi connectivity index (χ3v) is 4.49. The molecule has 3 aromatic rings. The van der Waals surface area contributed by atoms with Crippen LogP contribution < -0.4 is 11.2 Å². The smallest absolute Gasteiger partial charge is 0.508 e. The van der Waals surface area contributed by atoms with E-state index in [1.54, 1.807) is 12.1 Å². The van der Waals surface area contributed by atoms with Crippen LogP contribution in [0.2, 0.25) is 0 Å². The molecule has 0 aliphatic heterocycles. The van der Waals surface area contributed by atoms with Crippen molar-refractivity contribution in [3.05, 3.63) is 48.2 Å². The summed E-state index contributed by atoms with van der Waals surface area (Å²) in [5.74, 6) is 0.884. The van der Waals surface area contributed by atoms with E-state index in [9.17, 15) is 9.82 Å². The summed E-state index contributed by atoms with van der Waals surface area (Å²) in [5.41, 5.74) is 9.36. The van der Waals surface area contributed by atoms with Gasteiger partial charge in [0.05, 0.1) is 5.69 Å². The maximum Gasteiger partial charge on any atom is 0.561 e. The molecule has 0 bridgehead atoms. The molecule has 1 fully saturated rings. The summed E-state index contributed by atoms with van der Waals surface area (Å²) in [5, 5.41) is 20.1. The standard InChI is InChI=1S/C18H16BN3O3/c20-18-15-7-6-13(9-16(15)17(21-22-18)11-4-5-11)12-2-1-3-14(8-12)19(24)25-10-23/h1-3,6-11,24H,4-5H2,(H2,20,22). The van der Waals surface area contributed by atoms with Gasteiger partial charge in [-0.25, -0.2) is 0 Å². The average Bonchev–Trinajstić information content (AvgIpc) is 3.47. The van der Waals surface area contributed by atoms with Gasteiger partial charge in [0.25, 0.3) is 6.47 Å². The van der Waals surface area contributed by atoms with Crippen LogP contribution >= 0.6 is 0 Å². The summed E-state index contributed by atoms with van der Waals surface area (Å²) in [6.45, 7) is 0.233. The van der Waals surface area contributed by atoms with E-state index in [1.165, 1.54) is 0 Å². The molecule has 1 aliphatic rings. The molecule has 4 rings (SSSR count). The van der Waals surface area contributed by atoms with Crippen molar-refractivity contribution in [3.8, 4) is 11.1 Å².